The molecule has 0 heterocycles. The first-order valence-electron chi connectivity index (χ1n) is 5.48. The number of nitro groups is 1. The van der Waals surface area contributed by atoms with Gasteiger partial charge in [-0.25, -0.2) is 0 Å². The van der Waals surface area contributed by atoms with Gasteiger partial charge in [0, 0.05) is 23.7 Å². The van der Waals surface area contributed by atoms with Crippen molar-refractivity contribution >= 4 is 34.6 Å². The van der Waals surface area contributed by atoms with E-state index in [1.54, 1.807) is 6.07 Å². The van der Waals surface area contributed by atoms with Crippen LogP contribution in [0.5, 0.6) is 0 Å². The van der Waals surface area contributed by atoms with Crippen LogP contribution in [0.4, 0.5) is 11.4 Å². The SMILES string of the molecule is O=[N+]([O-])c1ccc(Cl)c(NCc2cccc(Cl)c2)c1. The monoisotopic (exact) mass is 296 g/mol. The average molecular weight is 297 g/mol. The van der Waals surface area contributed by atoms with E-state index in [4.69, 9.17) is 23.2 Å². The Morgan fingerprint density at radius 2 is 1.95 bits per heavy atom. The molecule has 0 aliphatic heterocycles. The second-order valence-corrected chi connectivity index (χ2v) is 4.75. The van der Waals surface area contributed by atoms with Crippen molar-refractivity contribution in [3.63, 3.8) is 0 Å². The highest BCUT2D eigenvalue weighted by Gasteiger charge is 2.09. The minimum Gasteiger partial charge on any atom is -0.380 e. The Balaban J connectivity index is 2.15. The topological polar surface area (TPSA) is 55.2 Å². The van der Waals surface area contributed by atoms with Crippen molar-refractivity contribution in [2.24, 2.45) is 0 Å². The Morgan fingerprint density at radius 1 is 1.16 bits per heavy atom. The third-order valence-electron chi connectivity index (χ3n) is 2.53. The summed E-state index contributed by atoms with van der Waals surface area (Å²) in [6.45, 7) is 0.488. The minimum absolute atomic E-state index is 0.00186. The summed E-state index contributed by atoms with van der Waals surface area (Å²) in [6.07, 6.45) is 0. The number of nitro benzene ring substituents is 1. The standard InChI is InChI=1S/C13H10Cl2N2O2/c14-10-3-1-2-9(6-10)8-16-13-7-11(17(18)19)4-5-12(13)15/h1-7,16H,8H2. The van der Waals surface area contributed by atoms with E-state index >= 15 is 0 Å². The molecule has 0 saturated carbocycles. The van der Waals surface area contributed by atoms with Crippen molar-refractivity contribution in [3.05, 3.63) is 68.2 Å². The van der Waals surface area contributed by atoms with Crippen LogP contribution in [-0.2, 0) is 6.54 Å². The van der Waals surface area contributed by atoms with Crippen LogP contribution >= 0.6 is 23.2 Å². The van der Waals surface area contributed by atoms with Gasteiger partial charge in [-0.1, -0.05) is 35.3 Å². The number of hydrogen-bond acceptors (Lipinski definition) is 3. The van der Waals surface area contributed by atoms with Crippen molar-refractivity contribution in [1.29, 1.82) is 0 Å². The highest BCUT2D eigenvalue weighted by molar-refractivity contribution is 6.33. The van der Waals surface area contributed by atoms with E-state index in [9.17, 15) is 10.1 Å². The van der Waals surface area contributed by atoms with Crippen molar-refractivity contribution < 1.29 is 4.92 Å². The zero-order valence-corrected chi connectivity index (χ0v) is 11.3. The second-order valence-electron chi connectivity index (χ2n) is 3.90. The van der Waals surface area contributed by atoms with Gasteiger partial charge in [-0.3, -0.25) is 10.1 Å². The number of nitrogens with zero attached hydrogens (tertiary/aromatic N) is 1. The van der Waals surface area contributed by atoms with Crippen LogP contribution in [0.25, 0.3) is 0 Å². The first-order chi connectivity index (χ1) is 9.06. The molecule has 1 N–H and O–H groups in total. The summed E-state index contributed by atoms with van der Waals surface area (Å²) in [5.74, 6) is 0. The molecule has 0 unspecified atom stereocenters. The van der Waals surface area contributed by atoms with Gasteiger partial charge < -0.3 is 5.32 Å². The number of nitrogens with one attached hydrogen (secondary N) is 1. The normalized spacial score (nSPS) is 10.2. The van der Waals surface area contributed by atoms with Crippen LogP contribution in [0.3, 0.4) is 0 Å². The van der Waals surface area contributed by atoms with Gasteiger partial charge in [0.1, 0.15) is 0 Å². The van der Waals surface area contributed by atoms with E-state index in [1.165, 1.54) is 18.2 Å². The molecule has 0 aromatic heterocycles. The predicted molar refractivity (Wildman–Crippen MR) is 76.9 cm³/mol. The highest BCUT2D eigenvalue weighted by atomic mass is 35.5. The van der Waals surface area contributed by atoms with Crippen molar-refractivity contribution in [1.82, 2.24) is 0 Å². The molecule has 0 amide bonds. The van der Waals surface area contributed by atoms with Crippen LogP contribution in [0.2, 0.25) is 10.0 Å². The third-order valence-corrected chi connectivity index (χ3v) is 3.10. The van der Waals surface area contributed by atoms with Crippen molar-refractivity contribution in [3.8, 4) is 0 Å². The van der Waals surface area contributed by atoms with Crippen LogP contribution in [0.1, 0.15) is 5.56 Å². The van der Waals surface area contributed by atoms with Crippen LogP contribution in [0.15, 0.2) is 42.5 Å². The zero-order valence-electron chi connectivity index (χ0n) is 9.77. The lowest BCUT2D eigenvalue weighted by atomic mass is 10.2. The molecule has 0 spiro atoms. The van der Waals surface area contributed by atoms with Crippen LogP contribution < -0.4 is 5.32 Å². The molecule has 2 aromatic rings. The van der Waals surface area contributed by atoms with Gasteiger partial charge >= 0.3 is 0 Å². The number of benzene rings is 2. The lowest BCUT2D eigenvalue weighted by Crippen LogP contribution is -2.00. The quantitative estimate of drug-likeness (QED) is 0.667. The fourth-order valence-electron chi connectivity index (χ4n) is 1.61. The van der Waals surface area contributed by atoms with E-state index < -0.39 is 4.92 Å². The maximum Gasteiger partial charge on any atom is 0.271 e. The van der Waals surface area contributed by atoms with Crippen molar-refractivity contribution in [2.75, 3.05) is 5.32 Å². The lowest BCUT2D eigenvalue weighted by molar-refractivity contribution is -0.384. The number of anilines is 1. The molecule has 0 bridgehead atoms. The number of halogens is 2. The molecule has 0 saturated heterocycles. The molecule has 2 rings (SSSR count). The molecule has 4 nitrogen and oxygen atoms in total. The zero-order chi connectivity index (χ0) is 13.8. The summed E-state index contributed by atoms with van der Waals surface area (Å²) in [6, 6.07) is 11.6. The van der Waals surface area contributed by atoms with Gasteiger partial charge in [-0.15, -0.1) is 0 Å². The largest absolute Gasteiger partial charge is 0.380 e. The number of non-ortho nitro benzene ring substituents is 1. The van der Waals surface area contributed by atoms with E-state index in [2.05, 4.69) is 5.32 Å². The predicted octanol–water partition coefficient (Wildman–Crippen LogP) is 4.51. The molecular formula is C13H10Cl2N2O2. The van der Waals surface area contributed by atoms with E-state index in [0.29, 0.717) is 22.3 Å². The van der Waals surface area contributed by atoms with Gasteiger partial charge in [0.2, 0.25) is 0 Å². The number of hydrogen-bond donors (Lipinski definition) is 1. The summed E-state index contributed by atoms with van der Waals surface area (Å²) < 4.78 is 0. The Labute approximate surface area is 120 Å². The average Bonchev–Trinajstić information content (AvgIpc) is 2.37. The summed E-state index contributed by atoms with van der Waals surface area (Å²) in [7, 11) is 0. The van der Waals surface area contributed by atoms with Gasteiger partial charge in [-0.05, 0) is 23.8 Å². The molecule has 0 atom stereocenters. The summed E-state index contributed by atoms with van der Waals surface area (Å²) in [4.78, 5) is 10.2. The smallest absolute Gasteiger partial charge is 0.271 e. The number of rotatable bonds is 4. The molecule has 0 aliphatic carbocycles. The summed E-state index contributed by atoms with van der Waals surface area (Å²) in [5.41, 5.74) is 1.49. The van der Waals surface area contributed by atoms with E-state index in [-0.39, 0.29) is 5.69 Å². The Kier molecular flexibility index (Phi) is 4.24. The Hall–Kier alpha value is -1.78. The van der Waals surface area contributed by atoms with Gasteiger partial charge in [0.15, 0.2) is 0 Å². The Morgan fingerprint density at radius 3 is 2.63 bits per heavy atom. The Bertz CT molecular complexity index is 617. The molecule has 0 fully saturated rings. The molecule has 0 aliphatic rings. The summed E-state index contributed by atoms with van der Waals surface area (Å²) >= 11 is 11.9. The highest BCUT2D eigenvalue weighted by Crippen LogP contribution is 2.27. The van der Waals surface area contributed by atoms with Gasteiger partial charge in [0.05, 0.1) is 15.6 Å². The second kappa shape index (κ2) is 5.91. The maximum atomic E-state index is 10.7. The molecular weight excluding hydrogens is 287 g/mol. The summed E-state index contributed by atoms with van der Waals surface area (Å²) in [5, 5.41) is 14.8. The molecule has 0 radical (unpaired) electrons. The molecule has 2 aromatic carbocycles. The first kappa shape index (κ1) is 13.6. The van der Waals surface area contributed by atoms with Crippen LogP contribution in [-0.4, -0.2) is 4.92 Å². The van der Waals surface area contributed by atoms with Crippen molar-refractivity contribution in [2.45, 2.75) is 6.54 Å². The van der Waals surface area contributed by atoms with Gasteiger partial charge in [0.25, 0.3) is 5.69 Å². The van der Waals surface area contributed by atoms with E-state index in [0.717, 1.165) is 5.56 Å². The molecule has 98 valence electrons. The van der Waals surface area contributed by atoms with Crippen LogP contribution in [0, 0.1) is 10.1 Å². The maximum absolute atomic E-state index is 10.7. The third kappa shape index (κ3) is 3.59. The van der Waals surface area contributed by atoms with E-state index in [1.807, 2.05) is 18.2 Å². The first-order valence-corrected chi connectivity index (χ1v) is 6.24. The molecule has 6 heteroatoms. The fraction of sp³-hybridized carbons (Fsp3) is 0.0769. The minimum atomic E-state index is -0.457. The van der Waals surface area contributed by atoms with Gasteiger partial charge in [-0.2, -0.15) is 0 Å². The molecule has 19 heavy (non-hydrogen) atoms. The lowest BCUT2D eigenvalue weighted by Gasteiger charge is -2.08. The fourth-order valence-corrected chi connectivity index (χ4v) is 2.00.